The first-order valence-corrected chi connectivity index (χ1v) is 11.5. The maximum Gasteiger partial charge on any atom is 0.338 e. The van der Waals surface area contributed by atoms with Crippen molar-refractivity contribution in [3.05, 3.63) is 92.8 Å². The van der Waals surface area contributed by atoms with Gasteiger partial charge in [-0.05, 0) is 43.9 Å². The quantitative estimate of drug-likeness (QED) is 0.325. The third-order valence-corrected chi connectivity index (χ3v) is 6.88. The highest BCUT2D eigenvalue weighted by molar-refractivity contribution is 7.11. The van der Waals surface area contributed by atoms with Crippen molar-refractivity contribution >= 4 is 40.4 Å². The Morgan fingerprint density at radius 3 is 2.78 bits per heavy atom. The van der Waals surface area contributed by atoms with Crippen LogP contribution in [0, 0.1) is 17.0 Å². The molecule has 0 aliphatic carbocycles. The number of hydrogen-bond acceptors (Lipinski definition) is 8. The van der Waals surface area contributed by atoms with Gasteiger partial charge in [0.05, 0.1) is 33.4 Å². The maximum absolute atomic E-state index is 13.4. The minimum absolute atomic E-state index is 0.0823. The summed E-state index contributed by atoms with van der Waals surface area (Å²) in [5.41, 5.74) is 1.15. The Bertz CT molecular complexity index is 1430. The van der Waals surface area contributed by atoms with Crippen molar-refractivity contribution in [2.45, 2.75) is 26.8 Å². The van der Waals surface area contributed by atoms with E-state index >= 15 is 0 Å². The van der Waals surface area contributed by atoms with Crippen LogP contribution in [0.5, 0.6) is 0 Å². The lowest BCUT2D eigenvalue weighted by atomic mass is 9.94. The molecule has 2 aromatic heterocycles. The summed E-state index contributed by atoms with van der Waals surface area (Å²) in [6.45, 7) is 5.16. The summed E-state index contributed by atoms with van der Waals surface area (Å²) in [5.74, 6) is -0.602. The van der Waals surface area contributed by atoms with E-state index in [-0.39, 0.29) is 23.4 Å². The first kappa shape index (κ1) is 21.8. The van der Waals surface area contributed by atoms with Gasteiger partial charge < -0.3 is 4.74 Å². The first-order chi connectivity index (χ1) is 15.3. The minimum Gasteiger partial charge on any atom is -0.463 e. The van der Waals surface area contributed by atoms with Crippen LogP contribution < -0.4 is 14.9 Å². The molecule has 1 aliphatic heterocycles. The lowest BCUT2D eigenvalue weighted by molar-refractivity contribution is -0.385. The van der Waals surface area contributed by atoms with Crippen molar-refractivity contribution < 1.29 is 14.5 Å². The van der Waals surface area contributed by atoms with Crippen LogP contribution in [-0.4, -0.2) is 22.1 Å². The van der Waals surface area contributed by atoms with E-state index in [1.165, 1.54) is 33.3 Å². The van der Waals surface area contributed by atoms with E-state index in [2.05, 4.69) is 4.99 Å². The number of hydrogen-bond donors (Lipinski definition) is 0. The molecule has 0 saturated carbocycles. The van der Waals surface area contributed by atoms with Crippen molar-refractivity contribution in [1.29, 1.82) is 0 Å². The van der Waals surface area contributed by atoms with E-state index in [1.807, 2.05) is 17.5 Å². The molecule has 0 radical (unpaired) electrons. The number of esters is 1. The predicted octanol–water partition coefficient (Wildman–Crippen LogP) is 3.08. The Labute approximate surface area is 190 Å². The summed E-state index contributed by atoms with van der Waals surface area (Å²) < 4.78 is 7.14. The second kappa shape index (κ2) is 8.64. The van der Waals surface area contributed by atoms with E-state index in [9.17, 15) is 19.7 Å². The predicted molar refractivity (Wildman–Crippen MR) is 123 cm³/mol. The molecule has 0 unspecified atom stereocenters. The second-order valence-electron chi connectivity index (χ2n) is 7.12. The summed E-state index contributed by atoms with van der Waals surface area (Å²) in [7, 11) is 0. The Morgan fingerprint density at radius 2 is 2.12 bits per heavy atom. The molecule has 1 atom stereocenters. The van der Waals surface area contributed by atoms with Crippen molar-refractivity contribution in [1.82, 2.24) is 4.57 Å². The molecule has 8 nitrogen and oxygen atoms in total. The Balaban J connectivity index is 2.00. The van der Waals surface area contributed by atoms with Gasteiger partial charge in [-0.1, -0.05) is 29.5 Å². The number of aromatic nitrogens is 1. The SMILES string of the molecule is CCOC(=O)C1=C(C)N=c2s/c(=C/c3cccs3)c(=O)n2[C@H]1c1ccc(C)c([N+](=O)[O-])c1. The fourth-order valence-corrected chi connectivity index (χ4v) is 5.37. The van der Waals surface area contributed by atoms with E-state index in [0.717, 1.165) is 4.88 Å². The van der Waals surface area contributed by atoms with Gasteiger partial charge in [-0.15, -0.1) is 11.3 Å². The first-order valence-electron chi connectivity index (χ1n) is 9.80. The Kier molecular flexibility index (Phi) is 5.90. The molecule has 4 rings (SSSR count). The molecule has 0 amide bonds. The number of nitro benzene ring substituents is 1. The Hall–Kier alpha value is -3.37. The van der Waals surface area contributed by atoms with Gasteiger partial charge in [-0.2, -0.15) is 0 Å². The zero-order valence-electron chi connectivity index (χ0n) is 17.5. The van der Waals surface area contributed by atoms with Crippen molar-refractivity contribution in [2.75, 3.05) is 6.61 Å². The molecule has 0 fully saturated rings. The van der Waals surface area contributed by atoms with Gasteiger partial charge in [0, 0.05) is 16.5 Å². The number of nitrogens with zero attached hydrogens (tertiary/aromatic N) is 3. The molecule has 0 spiro atoms. The van der Waals surface area contributed by atoms with Gasteiger partial charge >= 0.3 is 5.97 Å². The number of ether oxygens (including phenoxy) is 1. The number of carbonyl (C=O) groups excluding carboxylic acids is 1. The third kappa shape index (κ3) is 3.82. The van der Waals surface area contributed by atoms with Crippen LogP contribution in [0.4, 0.5) is 5.69 Å². The second-order valence-corrected chi connectivity index (χ2v) is 9.11. The van der Waals surface area contributed by atoms with Crippen LogP contribution in [0.2, 0.25) is 0 Å². The fraction of sp³-hybridized carbons (Fsp3) is 0.227. The van der Waals surface area contributed by atoms with Crippen LogP contribution >= 0.6 is 22.7 Å². The summed E-state index contributed by atoms with van der Waals surface area (Å²) in [5, 5.41) is 13.5. The molecular weight excluding hydrogens is 450 g/mol. The molecule has 0 N–H and O–H groups in total. The minimum atomic E-state index is -0.880. The van der Waals surface area contributed by atoms with Crippen LogP contribution in [0.25, 0.3) is 6.08 Å². The number of carbonyl (C=O) groups is 1. The highest BCUT2D eigenvalue weighted by Crippen LogP contribution is 2.33. The highest BCUT2D eigenvalue weighted by Gasteiger charge is 2.34. The van der Waals surface area contributed by atoms with E-state index in [4.69, 9.17) is 4.74 Å². The van der Waals surface area contributed by atoms with E-state index < -0.39 is 16.9 Å². The highest BCUT2D eigenvalue weighted by atomic mass is 32.1. The fourth-order valence-electron chi connectivity index (χ4n) is 3.60. The normalized spacial score (nSPS) is 16.0. The molecule has 32 heavy (non-hydrogen) atoms. The van der Waals surface area contributed by atoms with Gasteiger partial charge in [0.15, 0.2) is 4.80 Å². The molecule has 3 heterocycles. The summed E-state index contributed by atoms with van der Waals surface area (Å²) >= 11 is 2.72. The lowest BCUT2D eigenvalue weighted by Crippen LogP contribution is -2.40. The van der Waals surface area contributed by atoms with Gasteiger partial charge in [0.2, 0.25) is 0 Å². The molecule has 3 aromatic rings. The summed E-state index contributed by atoms with van der Waals surface area (Å²) in [6.07, 6.45) is 1.78. The van der Waals surface area contributed by atoms with E-state index in [0.29, 0.717) is 26.2 Å². The summed E-state index contributed by atoms with van der Waals surface area (Å²) in [6, 6.07) is 7.64. The van der Waals surface area contributed by atoms with Crippen LogP contribution in [0.15, 0.2) is 56.8 Å². The molecule has 0 saturated heterocycles. The number of allylic oxidation sites excluding steroid dienone is 1. The molecular formula is C22H19N3O5S2. The standard InChI is InChI=1S/C22H19N3O5S2/c1-4-30-21(27)18-13(3)23-22-24(20(26)17(32-22)11-15-6-5-9-31-15)19(18)14-8-7-12(2)16(10-14)25(28)29/h5-11,19H,4H2,1-3H3/b17-11+/t19-/m0/s1. The van der Waals surface area contributed by atoms with Gasteiger partial charge in [-0.25, -0.2) is 9.79 Å². The van der Waals surface area contributed by atoms with Gasteiger partial charge in [-0.3, -0.25) is 19.5 Å². The molecule has 1 aromatic carbocycles. The monoisotopic (exact) mass is 469 g/mol. The maximum atomic E-state index is 13.4. The number of aryl methyl sites for hydroxylation is 1. The Morgan fingerprint density at radius 1 is 1.34 bits per heavy atom. The number of thiazole rings is 1. The molecule has 1 aliphatic rings. The zero-order chi connectivity index (χ0) is 23.0. The van der Waals surface area contributed by atoms with Crippen molar-refractivity contribution in [3.63, 3.8) is 0 Å². The average Bonchev–Trinajstić information content (AvgIpc) is 3.36. The summed E-state index contributed by atoms with van der Waals surface area (Å²) in [4.78, 5) is 43.2. The van der Waals surface area contributed by atoms with Gasteiger partial charge in [0.1, 0.15) is 0 Å². The zero-order valence-corrected chi connectivity index (χ0v) is 19.2. The number of thiophene rings is 1. The average molecular weight is 470 g/mol. The topological polar surface area (TPSA) is 104 Å². The van der Waals surface area contributed by atoms with Crippen molar-refractivity contribution in [3.8, 4) is 0 Å². The van der Waals surface area contributed by atoms with Crippen LogP contribution in [0.3, 0.4) is 0 Å². The largest absolute Gasteiger partial charge is 0.463 e. The van der Waals surface area contributed by atoms with Crippen LogP contribution in [0.1, 0.15) is 35.9 Å². The number of nitro groups is 1. The van der Waals surface area contributed by atoms with Crippen LogP contribution in [-0.2, 0) is 9.53 Å². The molecule has 0 bridgehead atoms. The number of rotatable bonds is 5. The van der Waals surface area contributed by atoms with Crippen molar-refractivity contribution in [2.24, 2.45) is 4.99 Å². The van der Waals surface area contributed by atoms with E-state index in [1.54, 1.807) is 39.0 Å². The number of benzene rings is 1. The van der Waals surface area contributed by atoms with Gasteiger partial charge in [0.25, 0.3) is 11.2 Å². The molecule has 10 heteroatoms. The smallest absolute Gasteiger partial charge is 0.338 e. The molecule has 164 valence electrons. The lowest BCUT2D eigenvalue weighted by Gasteiger charge is -2.24. The number of fused-ring (bicyclic) bond motifs is 1. The third-order valence-electron chi connectivity index (χ3n) is 5.08.